The molecular formula is C12H23NO. The van der Waals surface area contributed by atoms with Gasteiger partial charge in [-0.05, 0) is 18.8 Å². The van der Waals surface area contributed by atoms with Crippen LogP contribution >= 0.6 is 0 Å². The summed E-state index contributed by atoms with van der Waals surface area (Å²) in [6, 6.07) is 0.494. The van der Waals surface area contributed by atoms with Gasteiger partial charge in [0.2, 0.25) is 5.91 Å². The van der Waals surface area contributed by atoms with Crippen LogP contribution in [-0.4, -0.2) is 23.9 Å². The largest absolute Gasteiger partial charge is 0.343 e. The van der Waals surface area contributed by atoms with Crippen molar-refractivity contribution in [2.45, 2.75) is 52.5 Å². The number of amides is 1. The van der Waals surface area contributed by atoms with Crippen LogP contribution in [0.1, 0.15) is 46.5 Å². The van der Waals surface area contributed by atoms with E-state index in [-0.39, 0.29) is 5.92 Å². The quantitative estimate of drug-likeness (QED) is 0.666. The minimum atomic E-state index is 0.136. The molecule has 0 spiro atoms. The molecule has 0 saturated heterocycles. The SMILES string of the molecule is CC1CCCC(N(C)C(=O)C(C)C)C1. The zero-order valence-electron chi connectivity index (χ0n) is 9.92. The van der Waals surface area contributed by atoms with Crippen LogP contribution in [0.25, 0.3) is 0 Å². The zero-order valence-corrected chi connectivity index (χ0v) is 9.92. The normalized spacial score (nSPS) is 27.8. The summed E-state index contributed by atoms with van der Waals surface area (Å²) in [7, 11) is 1.96. The Labute approximate surface area is 87.7 Å². The highest BCUT2D eigenvalue weighted by Crippen LogP contribution is 2.27. The van der Waals surface area contributed by atoms with Gasteiger partial charge in [0.1, 0.15) is 0 Å². The number of nitrogens with zero attached hydrogens (tertiary/aromatic N) is 1. The minimum absolute atomic E-state index is 0.136. The van der Waals surface area contributed by atoms with Gasteiger partial charge in [-0.15, -0.1) is 0 Å². The molecule has 0 heterocycles. The number of rotatable bonds is 2. The third-order valence-electron chi connectivity index (χ3n) is 3.30. The molecule has 0 aromatic carbocycles. The highest BCUT2D eigenvalue weighted by molar-refractivity contribution is 5.78. The predicted molar refractivity (Wildman–Crippen MR) is 59.0 cm³/mol. The van der Waals surface area contributed by atoms with Gasteiger partial charge in [0.15, 0.2) is 0 Å². The average molecular weight is 197 g/mol. The van der Waals surface area contributed by atoms with Gasteiger partial charge in [-0.2, -0.15) is 0 Å². The standard InChI is InChI=1S/C12H23NO/c1-9(2)12(14)13(4)11-7-5-6-10(3)8-11/h9-11H,5-8H2,1-4H3. The molecule has 2 unspecified atom stereocenters. The van der Waals surface area contributed by atoms with Crippen molar-refractivity contribution >= 4 is 5.91 Å². The van der Waals surface area contributed by atoms with Crippen LogP contribution in [0.5, 0.6) is 0 Å². The van der Waals surface area contributed by atoms with Gasteiger partial charge in [0.25, 0.3) is 0 Å². The molecule has 1 aliphatic rings. The molecule has 82 valence electrons. The predicted octanol–water partition coefficient (Wildman–Crippen LogP) is 2.68. The topological polar surface area (TPSA) is 20.3 Å². The van der Waals surface area contributed by atoms with E-state index >= 15 is 0 Å². The Morgan fingerprint density at radius 3 is 2.50 bits per heavy atom. The van der Waals surface area contributed by atoms with E-state index in [2.05, 4.69) is 6.92 Å². The highest BCUT2D eigenvalue weighted by Gasteiger charge is 2.26. The Balaban J connectivity index is 2.51. The lowest BCUT2D eigenvalue weighted by Crippen LogP contribution is -2.41. The van der Waals surface area contributed by atoms with Crippen molar-refractivity contribution in [3.05, 3.63) is 0 Å². The summed E-state index contributed by atoms with van der Waals surface area (Å²) in [5.41, 5.74) is 0. The third kappa shape index (κ3) is 2.73. The Morgan fingerprint density at radius 1 is 1.36 bits per heavy atom. The van der Waals surface area contributed by atoms with Crippen LogP contribution < -0.4 is 0 Å². The van der Waals surface area contributed by atoms with Gasteiger partial charge in [-0.25, -0.2) is 0 Å². The molecule has 0 bridgehead atoms. The first-order valence-electron chi connectivity index (χ1n) is 5.79. The Kier molecular flexibility index (Phi) is 3.97. The average Bonchev–Trinajstić information content (AvgIpc) is 2.15. The van der Waals surface area contributed by atoms with Crippen LogP contribution in [-0.2, 0) is 4.79 Å². The van der Waals surface area contributed by atoms with E-state index < -0.39 is 0 Å². The molecule has 14 heavy (non-hydrogen) atoms. The smallest absolute Gasteiger partial charge is 0.225 e. The summed E-state index contributed by atoms with van der Waals surface area (Å²) in [5, 5.41) is 0. The van der Waals surface area contributed by atoms with E-state index in [0.717, 1.165) is 5.92 Å². The first-order chi connectivity index (χ1) is 6.52. The molecule has 0 N–H and O–H groups in total. The van der Waals surface area contributed by atoms with Crippen molar-refractivity contribution in [1.82, 2.24) is 4.90 Å². The zero-order chi connectivity index (χ0) is 10.7. The molecular weight excluding hydrogens is 174 g/mol. The van der Waals surface area contributed by atoms with Crippen molar-refractivity contribution in [1.29, 1.82) is 0 Å². The highest BCUT2D eigenvalue weighted by atomic mass is 16.2. The molecule has 2 heteroatoms. The van der Waals surface area contributed by atoms with Crippen molar-refractivity contribution < 1.29 is 4.79 Å². The monoisotopic (exact) mass is 197 g/mol. The van der Waals surface area contributed by atoms with Crippen LogP contribution in [0.15, 0.2) is 0 Å². The maximum Gasteiger partial charge on any atom is 0.225 e. The molecule has 1 aliphatic carbocycles. The molecule has 1 saturated carbocycles. The lowest BCUT2D eigenvalue weighted by atomic mass is 9.86. The fraction of sp³-hybridized carbons (Fsp3) is 0.917. The molecule has 2 nitrogen and oxygen atoms in total. The summed E-state index contributed by atoms with van der Waals surface area (Å²) < 4.78 is 0. The summed E-state index contributed by atoms with van der Waals surface area (Å²) >= 11 is 0. The summed E-state index contributed by atoms with van der Waals surface area (Å²) in [6.45, 7) is 6.25. The van der Waals surface area contributed by atoms with E-state index in [1.54, 1.807) is 0 Å². The molecule has 0 aliphatic heterocycles. The second-order valence-electron chi connectivity index (χ2n) is 5.03. The van der Waals surface area contributed by atoms with Crippen LogP contribution in [0.4, 0.5) is 0 Å². The van der Waals surface area contributed by atoms with Crippen molar-refractivity contribution in [2.24, 2.45) is 11.8 Å². The van der Waals surface area contributed by atoms with E-state index in [4.69, 9.17) is 0 Å². The van der Waals surface area contributed by atoms with Gasteiger partial charge in [0, 0.05) is 19.0 Å². The lowest BCUT2D eigenvalue weighted by Gasteiger charge is -2.35. The number of carbonyl (C=O) groups excluding carboxylic acids is 1. The van der Waals surface area contributed by atoms with E-state index in [1.807, 2.05) is 25.8 Å². The fourth-order valence-corrected chi connectivity index (χ4v) is 2.34. The van der Waals surface area contributed by atoms with Crippen molar-refractivity contribution in [2.75, 3.05) is 7.05 Å². The summed E-state index contributed by atoms with van der Waals surface area (Å²) in [5.74, 6) is 1.22. The summed E-state index contributed by atoms with van der Waals surface area (Å²) in [4.78, 5) is 13.7. The van der Waals surface area contributed by atoms with Gasteiger partial charge < -0.3 is 4.90 Å². The van der Waals surface area contributed by atoms with Gasteiger partial charge in [-0.3, -0.25) is 4.79 Å². The van der Waals surface area contributed by atoms with E-state index in [9.17, 15) is 4.79 Å². The molecule has 1 amide bonds. The van der Waals surface area contributed by atoms with E-state index in [1.165, 1.54) is 25.7 Å². The van der Waals surface area contributed by atoms with Crippen molar-refractivity contribution in [3.8, 4) is 0 Å². The Bertz CT molecular complexity index is 200. The molecule has 0 aromatic heterocycles. The van der Waals surface area contributed by atoms with Gasteiger partial charge >= 0.3 is 0 Å². The fourth-order valence-electron chi connectivity index (χ4n) is 2.34. The molecule has 1 rings (SSSR count). The Hall–Kier alpha value is -0.530. The van der Waals surface area contributed by atoms with Gasteiger partial charge in [-0.1, -0.05) is 33.6 Å². The molecule has 0 aromatic rings. The van der Waals surface area contributed by atoms with Crippen LogP contribution in [0, 0.1) is 11.8 Å². The molecule has 0 radical (unpaired) electrons. The maximum absolute atomic E-state index is 11.8. The second-order valence-corrected chi connectivity index (χ2v) is 5.03. The summed E-state index contributed by atoms with van der Waals surface area (Å²) in [6.07, 6.45) is 5.00. The van der Waals surface area contributed by atoms with Crippen LogP contribution in [0.2, 0.25) is 0 Å². The number of hydrogen-bond donors (Lipinski definition) is 0. The Morgan fingerprint density at radius 2 is 2.00 bits per heavy atom. The van der Waals surface area contributed by atoms with Crippen molar-refractivity contribution in [3.63, 3.8) is 0 Å². The molecule has 1 fully saturated rings. The first-order valence-corrected chi connectivity index (χ1v) is 5.79. The number of carbonyl (C=O) groups is 1. The minimum Gasteiger partial charge on any atom is -0.343 e. The first kappa shape index (κ1) is 11.5. The van der Waals surface area contributed by atoms with Crippen LogP contribution in [0.3, 0.4) is 0 Å². The maximum atomic E-state index is 11.8. The van der Waals surface area contributed by atoms with Gasteiger partial charge in [0.05, 0.1) is 0 Å². The number of hydrogen-bond acceptors (Lipinski definition) is 1. The second kappa shape index (κ2) is 4.81. The third-order valence-corrected chi connectivity index (χ3v) is 3.30. The van der Waals surface area contributed by atoms with E-state index in [0.29, 0.717) is 11.9 Å². The lowest BCUT2D eigenvalue weighted by molar-refractivity contribution is -0.136. The molecule has 2 atom stereocenters.